The summed E-state index contributed by atoms with van der Waals surface area (Å²) in [4.78, 5) is 41.4. The number of ether oxygens (including phenoxy) is 5. The van der Waals surface area contributed by atoms with Crippen LogP contribution in [0.5, 0.6) is 23.0 Å². The summed E-state index contributed by atoms with van der Waals surface area (Å²) in [5, 5.41) is 0. The summed E-state index contributed by atoms with van der Waals surface area (Å²) in [6, 6.07) is 10.4. The molecule has 2 amide bonds. The maximum absolute atomic E-state index is 13.5. The van der Waals surface area contributed by atoms with Crippen LogP contribution in [0.25, 0.3) is 0 Å². The van der Waals surface area contributed by atoms with Gasteiger partial charge in [0.1, 0.15) is 29.5 Å². The van der Waals surface area contributed by atoms with Crippen LogP contribution in [0.3, 0.4) is 0 Å². The van der Waals surface area contributed by atoms with Crippen molar-refractivity contribution in [3.63, 3.8) is 0 Å². The quantitative estimate of drug-likeness (QED) is 0.471. The molecule has 0 radical (unpaired) electrons. The molecule has 0 N–H and O–H groups in total. The van der Waals surface area contributed by atoms with Gasteiger partial charge in [0.05, 0.1) is 47.2 Å². The lowest BCUT2D eigenvalue weighted by Gasteiger charge is -2.25. The van der Waals surface area contributed by atoms with Crippen LogP contribution in [0.1, 0.15) is 12.0 Å². The molecule has 35 heavy (non-hydrogen) atoms. The monoisotopic (exact) mass is 486 g/mol. The molecule has 3 rings (SSSR count). The highest BCUT2D eigenvalue weighted by molar-refractivity contribution is 6.01. The minimum atomic E-state index is -0.657. The maximum Gasteiger partial charge on any atom is 0.325 e. The SMILES string of the molecule is COC(=O)CN(Cc1cc(OC)cc(OC)c1)C(=O)C1CC(=O)N(c2cc(OC)ccc2OC)C1. The van der Waals surface area contributed by atoms with E-state index in [1.165, 1.54) is 45.3 Å². The first kappa shape index (κ1) is 25.7. The number of carbonyl (C=O) groups excluding carboxylic acids is 3. The van der Waals surface area contributed by atoms with Gasteiger partial charge in [-0.2, -0.15) is 0 Å². The molecule has 2 aromatic carbocycles. The predicted octanol–water partition coefficient (Wildman–Crippen LogP) is 2.28. The lowest BCUT2D eigenvalue weighted by molar-refractivity contribution is -0.148. The second-order valence-electron chi connectivity index (χ2n) is 7.93. The molecule has 1 fully saturated rings. The van der Waals surface area contributed by atoms with E-state index in [2.05, 4.69) is 0 Å². The van der Waals surface area contributed by atoms with Crippen LogP contribution in [-0.4, -0.2) is 71.3 Å². The van der Waals surface area contributed by atoms with Crippen molar-refractivity contribution < 1.29 is 38.1 Å². The molecule has 1 unspecified atom stereocenters. The zero-order valence-corrected chi connectivity index (χ0v) is 20.5. The fourth-order valence-corrected chi connectivity index (χ4v) is 3.98. The summed E-state index contributed by atoms with van der Waals surface area (Å²) in [7, 11) is 7.36. The molecule has 10 nitrogen and oxygen atoms in total. The van der Waals surface area contributed by atoms with Gasteiger partial charge in [-0.1, -0.05) is 0 Å². The van der Waals surface area contributed by atoms with E-state index < -0.39 is 11.9 Å². The average molecular weight is 487 g/mol. The Labute approximate surface area is 204 Å². The summed E-state index contributed by atoms with van der Waals surface area (Å²) < 4.78 is 26.1. The molecular weight excluding hydrogens is 456 g/mol. The van der Waals surface area contributed by atoms with Gasteiger partial charge in [0.25, 0.3) is 0 Å². The number of carbonyl (C=O) groups is 3. The Balaban J connectivity index is 1.86. The fraction of sp³-hybridized carbons (Fsp3) is 0.400. The summed E-state index contributed by atoms with van der Waals surface area (Å²) in [6.07, 6.45) is -0.00168. The number of rotatable bonds is 10. The van der Waals surface area contributed by atoms with Crippen LogP contribution in [0.4, 0.5) is 5.69 Å². The Kier molecular flexibility index (Phi) is 8.40. The van der Waals surface area contributed by atoms with Crippen molar-refractivity contribution in [3.8, 4) is 23.0 Å². The Morgan fingerprint density at radius 1 is 0.914 bits per heavy atom. The standard InChI is InChI=1S/C25H30N2O8/c1-31-18-6-7-22(34-4)21(12-18)27-14-17(10-23(27)28)25(30)26(15-24(29)35-5)13-16-8-19(32-2)11-20(9-16)33-3/h6-9,11-12,17H,10,13-15H2,1-5H3. The van der Waals surface area contributed by atoms with Crippen LogP contribution < -0.4 is 23.8 Å². The van der Waals surface area contributed by atoms with E-state index in [-0.39, 0.29) is 37.9 Å². The number of benzene rings is 2. The van der Waals surface area contributed by atoms with Crippen molar-refractivity contribution >= 4 is 23.5 Å². The van der Waals surface area contributed by atoms with Crippen LogP contribution in [0, 0.1) is 5.92 Å². The zero-order chi connectivity index (χ0) is 25.5. The van der Waals surface area contributed by atoms with Gasteiger partial charge in [0.15, 0.2) is 0 Å². The molecule has 1 aliphatic heterocycles. The molecule has 0 aliphatic carbocycles. The minimum Gasteiger partial charge on any atom is -0.497 e. The molecule has 0 aromatic heterocycles. The minimum absolute atomic E-state index is 0.00168. The van der Waals surface area contributed by atoms with Gasteiger partial charge < -0.3 is 33.5 Å². The van der Waals surface area contributed by atoms with E-state index in [4.69, 9.17) is 23.7 Å². The van der Waals surface area contributed by atoms with Gasteiger partial charge in [0.2, 0.25) is 11.8 Å². The van der Waals surface area contributed by atoms with Gasteiger partial charge in [-0.25, -0.2) is 0 Å². The second-order valence-corrected chi connectivity index (χ2v) is 7.93. The highest BCUT2D eigenvalue weighted by Gasteiger charge is 2.39. The zero-order valence-electron chi connectivity index (χ0n) is 20.5. The second kappa shape index (κ2) is 11.5. The number of esters is 1. The Hall–Kier alpha value is -3.95. The van der Waals surface area contributed by atoms with Crippen molar-refractivity contribution in [3.05, 3.63) is 42.0 Å². The normalized spacial score (nSPS) is 14.9. The van der Waals surface area contributed by atoms with Gasteiger partial charge in [-0.3, -0.25) is 14.4 Å². The average Bonchev–Trinajstić information content (AvgIpc) is 3.28. The Morgan fingerprint density at radius 2 is 1.57 bits per heavy atom. The molecule has 1 heterocycles. The summed E-state index contributed by atoms with van der Waals surface area (Å²) in [6.45, 7) is -0.0169. The van der Waals surface area contributed by atoms with E-state index in [9.17, 15) is 14.4 Å². The summed E-state index contributed by atoms with van der Waals surface area (Å²) in [5.74, 6) is 0.365. The van der Waals surface area contributed by atoms with Crippen LogP contribution >= 0.6 is 0 Å². The first-order chi connectivity index (χ1) is 16.8. The summed E-state index contributed by atoms with van der Waals surface area (Å²) in [5.41, 5.74) is 1.22. The van der Waals surface area contributed by atoms with Crippen molar-refractivity contribution in [1.82, 2.24) is 4.90 Å². The molecule has 0 bridgehead atoms. The van der Waals surface area contributed by atoms with Gasteiger partial charge in [-0.05, 0) is 29.8 Å². The number of nitrogens with zero attached hydrogens (tertiary/aromatic N) is 2. The van der Waals surface area contributed by atoms with Gasteiger partial charge >= 0.3 is 5.97 Å². The first-order valence-corrected chi connectivity index (χ1v) is 10.9. The van der Waals surface area contributed by atoms with Crippen molar-refractivity contribution in [1.29, 1.82) is 0 Å². The highest BCUT2D eigenvalue weighted by atomic mass is 16.5. The largest absolute Gasteiger partial charge is 0.497 e. The smallest absolute Gasteiger partial charge is 0.325 e. The van der Waals surface area contributed by atoms with Crippen LogP contribution in [0.2, 0.25) is 0 Å². The van der Waals surface area contributed by atoms with Crippen molar-refractivity contribution in [2.45, 2.75) is 13.0 Å². The molecule has 0 spiro atoms. The topological polar surface area (TPSA) is 104 Å². The Morgan fingerprint density at radius 3 is 2.14 bits per heavy atom. The molecule has 0 saturated carbocycles. The van der Waals surface area contributed by atoms with E-state index in [0.717, 1.165) is 0 Å². The van der Waals surface area contributed by atoms with Crippen molar-refractivity contribution in [2.75, 3.05) is 53.5 Å². The van der Waals surface area contributed by atoms with E-state index in [0.29, 0.717) is 34.2 Å². The molecular formula is C25H30N2O8. The molecule has 1 aliphatic rings. The third kappa shape index (κ3) is 5.95. The number of anilines is 1. The lowest BCUT2D eigenvalue weighted by Crippen LogP contribution is -2.40. The van der Waals surface area contributed by atoms with E-state index >= 15 is 0 Å². The third-order valence-corrected chi connectivity index (χ3v) is 5.80. The predicted molar refractivity (Wildman–Crippen MR) is 127 cm³/mol. The van der Waals surface area contributed by atoms with Gasteiger partial charge in [0, 0.05) is 31.6 Å². The van der Waals surface area contributed by atoms with Gasteiger partial charge in [-0.15, -0.1) is 0 Å². The molecule has 2 aromatic rings. The van der Waals surface area contributed by atoms with E-state index in [1.54, 1.807) is 36.4 Å². The van der Waals surface area contributed by atoms with Crippen molar-refractivity contribution in [2.24, 2.45) is 5.92 Å². The molecule has 188 valence electrons. The molecule has 1 saturated heterocycles. The lowest BCUT2D eigenvalue weighted by atomic mass is 10.1. The number of hydrogen-bond donors (Lipinski definition) is 0. The Bertz CT molecular complexity index is 1060. The third-order valence-electron chi connectivity index (χ3n) is 5.80. The first-order valence-electron chi connectivity index (χ1n) is 10.9. The van der Waals surface area contributed by atoms with Crippen LogP contribution in [0.15, 0.2) is 36.4 Å². The number of hydrogen-bond acceptors (Lipinski definition) is 8. The van der Waals surface area contributed by atoms with Crippen LogP contribution in [-0.2, 0) is 25.7 Å². The highest BCUT2D eigenvalue weighted by Crippen LogP contribution is 2.36. The summed E-state index contributed by atoms with van der Waals surface area (Å²) >= 11 is 0. The van der Waals surface area contributed by atoms with E-state index in [1.807, 2.05) is 0 Å². The fourth-order valence-electron chi connectivity index (χ4n) is 3.98. The number of methoxy groups -OCH3 is 5. The molecule has 1 atom stereocenters. The molecule has 10 heteroatoms. The number of amides is 2. The maximum atomic E-state index is 13.5.